The summed E-state index contributed by atoms with van der Waals surface area (Å²) in [5.41, 5.74) is 0. The van der Waals surface area contributed by atoms with Crippen molar-refractivity contribution in [1.82, 2.24) is 10.6 Å². The maximum atomic E-state index is 11.7. The van der Waals surface area contributed by atoms with Gasteiger partial charge in [0.1, 0.15) is 0 Å². The van der Waals surface area contributed by atoms with Gasteiger partial charge in [-0.15, -0.1) is 0 Å². The summed E-state index contributed by atoms with van der Waals surface area (Å²) in [7, 11) is 0. The second kappa shape index (κ2) is 6.61. The number of carbonyl (C=O) groups excluding carboxylic acids is 1. The van der Waals surface area contributed by atoms with E-state index in [4.69, 9.17) is 5.11 Å². The lowest BCUT2D eigenvalue weighted by molar-refractivity contribution is -0.137. The molecule has 104 valence electrons. The summed E-state index contributed by atoms with van der Waals surface area (Å²) in [6.07, 6.45) is 3.50. The highest BCUT2D eigenvalue weighted by Gasteiger charge is 2.25. The number of amides is 2. The second-order valence-corrected chi connectivity index (χ2v) is 5.65. The van der Waals surface area contributed by atoms with E-state index < -0.39 is 5.97 Å². The van der Waals surface area contributed by atoms with Gasteiger partial charge < -0.3 is 15.7 Å². The van der Waals surface area contributed by atoms with Crippen molar-refractivity contribution in [1.29, 1.82) is 0 Å². The van der Waals surface area contributed by atoms with Crippen LogP contribution in [0.3, 0.4) is 0 Å². The third-order valence-corrected chi connectivity index (χ3v) is 3.28. The average Bonchev–Trinajstić information content (AvgIpc) is 2.99. The van der Waals surface area contributed by atoms with Gasteiger partial charge in [-0.3, -0.25) is 4.79 Å². The topological polar surface area (TPSA) is 78.4 Å². The Balaban J connectivity index is 2.32. The molecule has 2 unspecified atom stereocenters. The van der Waals surface area contributed by atoms with E-state index in [1.54, 1.807) is 0 Å². The molecule has 0 aromatic heterocycles. The third-order valence-electron chi connectivity index (χ3n) is 3.28. The molecule has 0 aromatic carbocycles. The van der Waals surface area contributed by atoms with Crippen LogP contribution in [0, 0.1) is 11.8 Å². The first-order chi connectivity index (χ1) is 8.38. The van der Waals surface area contributed by atoms with Gasteiger partial charge in [-0.1, -0.05) is 26.7 Å². The van der Waals surface area contributed by atoms with Crippen LogP contribution in [0.1, 0.15) is 46.5 Å². The Bertz CT molecular complexity index is 301. The predicted octanol–water partition coefficient (Wildman–Crippen LogP) is 1.97. The lowest BCUT2D eigenvalue weighted by Crippen LogP contribution is -2.48. The molecule has 0 heterocycles. The highest BCUT2D eigenvalue weighted by atomic mass is 16.4. The molecule has 18 heavy (non-hydrogen) atoms. The number of urea groups is 1. The van der Waals surface area contributed by atoms with Gasteiger partial charge in [0.05, 0.1) is 6.42 Å². The van der Waals surface area contributed by atoms with E-state index in [-0.39, 0.29) is 30.5 Å². The summed E-state index contributed by atoms with van der Waals surface area (Å²) in [5, 5.41) is 14.4. The maximum absolute atomic E-state index is 11.7. The van der Waals surface area contributed by atoms with Crippen molar-refractivity contribution in [2.45, 2.75) is 58.5 Å². The fourth-order valence-corrected chi connectivity index (χ4v) is 1.99. The van der Waals surface area contributed by atoms with Crippen molar-refractivity contribution in [2.24, 2.45) is 11.8 Å². The van der Waals surface area contributed by atoms with Gasteiger partial charge in [-0.2, -0.15) is 0 Å². The second-order valence-electron chi connectivity index (χ2n) is 5.65. The number of rotatable bonds is 7. The normalized spacial score (nSPS) is 18.2. The van der Waals surface area contributed by atoms with Gasteiger partial charge in [0, 0.05) is 12.1 Å². The van der Waals surface area contributed by atoms with Gasteiger partial charge in [0.15, 0.2) is 0 Å². The van der Waals surface area contributed by atoms with Crippen LogP contribution in [-0.2, 0) is 4.79 Å². The molecule has 1 fully saturated rings. The van der Waals surface area contributed by atoms with E-state index in [1.165, 1.54) is 12.8 Å². The van der Waals surface area contributed by atoms with Crippen LogP contribution >= 0.6 is 0 Å². The number of aliphatic carboxylic acids is 1. The summed E-state index contributed by atoms with van der Waals surface area (Å²) in [4.78, 5) is 22.4. The van der Waals surface area contributed by atoms with Crippen molar-refractivity contribution in [3.63, 3.8) is 0 Å². The fraction of sp³-hybridized carbons (Fsp3) is 0.846. The van der Waals surface area contributed by atoms with Gasteiger partial charge >= 0.3 is 12.0 Å². The van der Waals surface area contributed by atoms with Crippen molar-refractivity contribution in [3.05, 3.63) is 0 Å². The van der Waals surface area contributed by atoms with Gasteiger partial charge in [-0.05, 0) is 25.2 Å². The van der Waals surface area contributed by atoms with E-state index in [0.717, 1.165) is 12.3 Å². The van der Waals surface area contributed by atoms with E-state index in [9.17, 15) is 9.59 Å². The van der Waals surface area contributed by atoms with Crippen LogP contribution in [0.2, 0.25) is 0 Å². The highest BCUT2D eigenvalue weighted by molar-refractivity contribution is 5.76. The van der Waals surface area contributed by atoms with Crippen LogP contribution < -0.4 is 10.6 Å². The number of carbonyl (C=O) groups is 2. The van der Waals surface area contributed by atoms with E-state index in [0.29, 0.717) is 0 Å². The third kappa shape index (κ3) is 5.89. The summed E-state index contributed by atoms with van der Waals surface area (Å²) in [6, 6.07) is -0.436. The smallest absolute Gasteiger partial charge is 0.315 e. The molecule has 5 nitrogen and oxygen atoms in total. The Hall–Kier alpha value is -1.26. The van der Waals surface area contributed by atoms with Crippen molar-refractivity contribution >= 4 is 12.0 Å². The predicted molar refractivity (Wildman–Crippen MR) is 69.3 cm³/mol. The van der Waals surface area contributed by atoms with Crippen molar-refractivity contribution in [2.75, 3.05) is 0 Å². The van der Waals surface area contributed by atoms with Crippen LogP contribution in [0.25, 0.3) is 0 Å². The monoisotopic (exact) mass is 256 g/mol. The Labute approximate surface area is 108 Å². The first-order valence-electron chi connectivity index (χ1n) is 6.67. The molecule has 0 radical (unpaired) electrons. The molecule has 0 saturated heterocycles. The molecule has 2 amide bonds. The molecule has 3 N–H and O–H groups in total. The molecular weight excluding hydrogens is 232 g/mol. The Morgan fingerprint density at radius 2 is 1.83 bits per heavy atom. The van der Waals surface area contributed by atoms with Crippen molar-refractivity contribution < 1.29 is 14.7 Å². The summed E-state index contributed by atoms with van der Waals surface area (Å²) < 4.78 is 0. The largest absolute Gasteiger partial charge is 0.481 e. The number of hydrogen-bond donors (Lipinski definition) is 3. The van der Waals surface area contributed by atoms with Crippen LogP contribution in [0.15, 0.2) is 0 Å². The standard InChI is InChI=1S/C13H24N2O3/c1-8(2)11(7-12(16)17)15-13(18)14-9(3)6-10-4-5-10/h8-11H,4-7H2,1-3H3,(H,16,17)(H2,14,15,18). The minimum Gasteiger partial charge on any atom is -0.481 e. The van der Waals surface area contributed by atoms with E-state index in [1.807, 2.05) is 20.8 Å². The number of hydrogen-bond acceptors (Lipinski definition) is 2. The molecule has 1 aliphatic rings. The zero-order chi connectivity index (χ0) is 13.7. The molecule has 1 aliphatic carbocycles. The molecule has 1 rings (SSSR count). The average molecular weight is 256 g/mol. The number of carboxylic acid groups (broad SMARTS) is 1. The fourth-order valence-electron chi connectivity index (χ4n) is 1.99. The van der Waals surface area contributed by atoms with E-state index >= 15 is 0 Å². The molecule has 2 atom stereocenters. The van der Waals surface area contributed by atoms with Crippen LogP contribution in [0.5, 0.6) is 0 Å². The van der Waals surface area contributed by atoms with Gasteiger partial charge in [-0.25, -0.2) is 4.79 Å². The Morgan fingerprint density at radius 3 is 2.28 bits per heavy atom. The molecule has 0 aliphatic heterocycles. The minimum absolute atomic E-state index is 0.0396. The SMILES string of the molecule is CC(CC1CC1)NC(=O)NC(CC(=O)O)C(C)C. The molecule has 0 spiro atoms. The quantitative estimate of drug-likeness (QED) is 0.651. The number of nitrogens with one attached hydrogen (secondary N) is 2. The summed E-state index contributed by atoms with van der Waals surface area (Å²) >= 11 is 0. The van der Waals surface area contributed by atoms with Crippen LogP contribution in [0.4, 0.5) is 4.79 Å². The molecule has 0 aromatic rings. The van der Waals surface area contributed by atoms with Gasteiger partial charge in [0.2, 0.25) is 0 Å². The van der Waals surface area contributed by atoms with E-state index in [2.05, 4.69) is 10.6 Å². The number of carboxylic acids is 1. The Kier molecular flexibility index (Phi) is 5.44. The minimum atomic E-state index is -0.889. The van der Waals surface area contributed by atoms with Crippen LogP contribution in [-0.4, -0.2) is 29.2 Å². The highest BCUT2D eigenvalue weighted by Crippen LogP contribution is 2.33. The van der Waals surface area contributed by atoms with Gasteiger partial charge in [0.25, 0.3) is 0 Å². The molecule has 0 bridgehead atoms. The lowest BCUT2D eigenvalue weighted by Gasteiger charge is -2.22. The first-order valence-corrected chi connectivity index (χ1v) is 6.67. The lowest BCUT2D eigenvalue weighted by atomic mass is 10.0. The zero-order valence-electron chi connectivity index (χ0n) is 11.4. The first kappa shape index (κ1) is 14.8. The maximum Gasteiger partial charge on any atom is 0.315 e. The van der Waals surface area contributed by atoms with Crippen molar-refractivity contribution in [3.8, 4) is 0 Å². The molecule has 1 saturated carbocycles. The molecule has 5 heteroatoms. The summed E-state index contributed by atoms with van der Waals surface area (Å²) in [6.45, 7) is 5.79. The Morgan fingerprint density at radius 1 is 1.22 bits per heavy atom. The summed E-state index contributed by atoms with van der Waals surface area (Å²) in [5.74, 6) is -0.0224. The zero-order valence-corrected chi connectivity index (χ0v) is 11.4. The molecular formula is C13H24N2O3.